The first-order valence-electron chi connectivity index (χ1n) is 9.41. The van der Waals surface area contributed by atoms with Crippen molar-refractivity contribution in [2.24, 2.45) is 0 Å². The lowest BCUT2D eigenvalue weighted by Crippen LogP contribution is -2.48. The largest absolute Gasteiger partial charge is 0.497 e. The van der Waals surface area contributed by atoms with Gasteiger partial charge in [-0.25, -0.2) is 12.8 Å². The number of hydrogen-bond donors (Lipinski definition) is 0. The molecule has 1 aliphatic heterocycles. The maximum Gasteiger partial charge on any atom is 0.243 e. The highest BCUT2D eigenvalue weighted by molar-refractivity contribution is 7.89. The lowest BCUT2D eigenvalue weighted by Gasteiger charge is -2.33. The summed E-state index contributed by atoms with van der Waals surface area (Å²) in [5.41, 5.74) is 0.820. The van der Waals surface area contributed by atoms with Crippen molar-refractivity contribution in [3.63, 3.8) is 0 Å². The Hall–Kier alpha value is -2.82. The number of benzene rings is 2. The third kappa shape index (κ3) is 4.35. The van der Waals surface area contributed by atoms with E-state index in [1.807, 2.05) is 24.3 Å². The maximum absolute atomic E-state index is 13.1. The van der Waals surface area contributed by atoms with Gasteiger partial charge in [0.1, 0.15) is 11.6 Å². The van der Waals surface area contributed by atoms with Gasteiger partial charge in [-0.15, -0.1) is 0 Å². The van der Waals surface area contributed by atoms with E-state index in [4.69, 9.17) is 9.26 Å². The van der Waals surface area contributed by atoms with Gasteiger partial charge in [-0.2, -0.15) is 9.29 Å². The normalized spacial score (nSPS) is 15.9. The van der Waals surface area contributed by atoms with Crippen LogP contribution in [0.15, 0.2) is 57.9 Å². The van der Waals surface area contributed by atoms with Gasteiger partial charge in [0.05, 0.1) is 18.6 Å². The van der Waals surface area contributed by atoms with E-state index in [-0.39, 0.29) is 4.90 Å². The van der Waals surface area contributed by atoms with Crippen molar-refractivity contribution in [2.45, 2.75) is 11.4 Å². The summed E-state index contributed by atoms with van der Waals surface area (Å²) in [6, 6.07) is 12.2. The van der Waals surface area contributed by atoms with Crippen LogP contribution in [0.4, 0.5) is 4.39 Å². The second-order valence-electron chi connectivity index (χ2n) is 6.87. The number of rotatable bonds is 6. The molecular formula is C20H21FN4O4S. The van der Waals surface area contributed by atoms with Gasteiger partial charge in [0.2, 0.25) is 21.7 Å². The van der Waals surface area contributed by atoms with Crippen LogP contribution in [0.25, 0.3) is 11.4 Å². The molecule has 0 N–H and O–H groups in total. The lowest BCUT2D eigenvalue weighted by molar-refractivity contribution is 0.163. The van der Waals surface area contributed by atoms with Crippen LogP contribution >= 0.6 is 0 Å². The number of methoxy groups -OCH3 is 1. The van der Waals surface area contributed by atoms with Gasteiger partial charge in [0.25, 0.3) is 0 Å². The van der Waals surface area contributed by atoms with E-state index in [0.29, 0.717) is 44.4 Å². The number of nitrogens with zero attached hydrogens (tertiary/aromatic N) is 4. The smallest absolute Gasteiger partial charge is 0.243 e. The lowest BCUT2D eigenvalue weighted by atomic mass is 10.2. The number of ether oxygens (including phenoxy) is 1. The van der Waals surface area contributed by atoms with E-state index in [9.17, 15) is 12.8 Å². The Labute approximate surface area is 173 Å². The molecule has 4 rings (SSSR count). The monoisotopic (exact) mass is 432 g/mol. The molecule has 10 heteroatoms. The van der Waals surface area contributed by atoms with Crippen molar-refractivity contribution >= 4 is 10.0 Å². The molecule has 1 aliphatic rings. The SMILES string of the molecule is COc1ccc(-c2noc(CN3CCN(S(=O)(=O)c4ccc(F)cc4)CC3)n2)cc1. The van der Waals surface area contributed by atoms with Crippen LogP contribution in [0, 0.1) is 5.82 Å². The molecule has 0 atom stereocenters. The summed E-state index contributed by atoms with van der Waals surface area (Å²) >= 11 is 0. The van der Waals surface area contributed by atoms with E-state index in [0.717, 1.165) is 23.4 Å². The summed E-state index contributed by atoms with van der Waals surface area (Å²) in [4.78, 5) is 6.58. The third-order valence-corrected chi connectivity index (χ3v) is 6.87. The average Bonchev–Trinajstić information content (AvgIpc) is 3.23. The van der Waals surface area contributed by atoms with Crippen molar-refractivity contribution in [3.8, 4) is 17.1 Å². The molecular weight excluding hydrogens is 411 g/mol. The minimum atomic E-state index is -3.63. The summed E-state index contributed by atoms with van der Waals surface area (Å²) < 4.78 is 50.4. The number of sulfonamides is 1. The Morgan fingerprint density at radius 1 is 1.03 bits per heavy atom. The Bertz CT molecular complexity index is 1090. The highest BCUT2D eigenvalue weighted by Crippen LogP contribution is 2.21. The summed E-state index contributed by atoms with van der Waals surface area (Å²) in [5, 5.41) is 4.02. The summed E-state index contributed by atoms with van der Waals surface area (Å²) in [6.45, 7) is 2.16. The van der Waals surface area contributed by atoms with Gasteiger partial charge in [-0.05, 0) is 48.5 Å². The van der Waals surface area contributed by atoms with Gasteiger partial charge in [-0.1, -0.05) is 5.16 Å². The highest BCUT2D eigenvalue weighted by Gasteiger charge is 2.29. The molecule has 0 saturated carbocycles. The van der Waals surface area contributed by atoms with Gasteiger partial charge in [-0.3, -0.25) is 4.90 Å². The van der Waals surface area contributed by atoms with Crippen LogP contribution in [-0.2, 0) is 16.6 Å². The predicted molar refractivity (Wildman–Crippen MR) is 107 cm³/mol. The molecule has 0 unspecified atom stereocenters. The molecule has 0 radical (unpaired) electrons. The summed E-state index contributed by atoms with van der Waals surface area (Å²) in [6.07, 6.45) is 0. The summed E-state index contributed by atoms with van der Waals surface area (Å²) in [5.74, 6) is 1.24. The fourth-order valence-corrected chi connectivity index (χ4v) is 4.67. The number of hydrogen-bond acceptors (Lipinski definition) is 7. The van der Waals surface area contributed by atoms with Crippen molar-refractivity contribution in [1.82, 2.24) is 19.3 Å². The van der Waals surface area contributed by atoms with Gasteiger partial charge >= 0.3 is 0 Å². The van der Waals surface area contributed by atoms with Crippen LogP contribution in [0.3, 0.4) is 0 Å². The quantitative estimate of drug-likeness (QED) is 0.591. The molecule has 2 aromatic carbocycles. The second kappa shape index (κ2) is 8.50. The summed E-state index contributed by atoms with van der Waals surface area (Å²) in [7, 11) is -2.03. The molecule has 0 aliphatic carbocycles. The van der Waals surface area contributed by atoms with E-state index >= 15 is 0 Å². The first-order chi connectivity index (χ1) is 14.5. The van der Waals surface area contributed by atoms with Crippen LogP contribution in [-0.4, -0.2) is 61.1 Å². The Morgan fingerprint density at radius 2 is 1.70 bits per heavy atom. The Balaban J connectivity index is 1.36. The molecule has 3 aromatic rings. The number of aromatic nitrogens is 2. The van der Waals surface area contributed by atoms with Crippen molar-refractivity contribution < 1.29 is 22.1 Å². The second-order valence-corrected chi connectivity index (χ2v) is 8.81. The van der Waals surface area contributed by atoms with Gasteiger partial charge in [0.15, 0.2) is 0 Å². The highest BCUT2D eigenvalue weighted by atomic mass is 32.2. The predicted octanol–water partition coefficient (Wildman–Crippen LogP) is 2.39. The standard InChI is InChI=1S/C20H21FN4O4S/c1-28-17-6-2-15(3-7-17)20-22-19(29-23-20)14-24-10-12-25(13-11-24)30(26,27)18-8-4-16(21)5-9-18/h2-9H,10-14H2,1H3. The Morgan fingerprint density at radius 3 is 2.33 bits per heavy atom. The molecule has 30 heavy (non-hydrogen) atoms. The first-order valence-corrected chi connectivity index (χ1v) is 10.8. The van der Waals surface area contributed by atoms with Crippen LogP contribution in [0.2, 0.25) is 0 Å². The molecule has 0 spiro atoms. The minimum Gasteiger partial charge on any atom is -0.497 e. The zero-order valence-corrected chi connectivity index (χ0v) is 17.2. The van der Waals surface area contributed by atoms with Crippen molar-refractivity contribution in [1.29, 1.82) is 0 Å². The van der Waals surface area contributed by atoms with E-state index < -0.39 is 15.8 Å². The zero-order chi connectivity index (χ0) is 21.1. The van der Waals surface area contributed by atoms with Crippen molar-refractivity contribution in [2.75, 3.05) is 33.3 Å². The van der Waals surface area contributed by atoms with Crippen molar-refractivity contribution in [3.05, 3.63) is 60.2 Å². The van der Waals surface area contributed by atoms with E-state index in [1.54, 1.807) is 7.11 Å². The first kappa shape index (κ1) is 20.5. The molecule has 0 amide bonds. The third-order valence-electron chi connectivity index (χ3n) is 4.96. The molecule has 0 bridgehead atoms. The van der Waals surface area contributed by atoms with Gasteiger partial charge < -0.3 is 9.26 Å². The van der Waals surface area contributed by atoms with Crippen LogP contribution < -0.4 is 4.74 Å². The van der Waals surface area contributed by atoms with Crippen LogP contribution in [0.5, 0.6) is 5.75 Å². The molecule has 158 valence electrons. The fraction of sp³-hybridized carbons (Fsp3) is 0.300. The topological polar surface area (TPSA) is 88.8 Å². The Kier molecular flexibility index (Phi) is 5.80. The van der Waals surface area contributed by atoms with Crippen LogP contribution in [0.1, 0.15) is 5.89 Å². The maximum atomic E-state index is 13.1. The average molecular weight is 432 g/mol. The zero-order valence-electron chi connectivity index (χ0n) is 16.4. The number of halogens is 1. The molecule has 1 aromatic heterocycles. The minimum absolute atomic E-state index is 0.0957. The van der Waals surface area contributed by atoms with E-state index in [2.05, 4.69) is 15.0 Å². The molecule has 1 fully saturated rings. The van der Waals surface area contributed by atoms with Gasteiger partial charge in [0, 0.05) is 31.7 Å². The number of piperazine rings is 1. The van der Waals surface area contributed by atoms with E-state index in [1.165, 1.54) is 16.4 Å². The fourth-order valence-electron chi connectivity index (χ4n) is 3.25. The molecule has 2 heterocycles. The molecule has 8 nitrogen and oxygen atoms in total. The molecule has 1 saturated heterocycles.